The zero-order valence-electron chi connectivity index (χ0n) is 20.8. The Morgan fingerprint density at radius 1 is 0.919 bits per heavy atom. The van der Waals surface area contributed by atoms with E-state index in [2.05, 4.69) is 51.8 Å². The molecule has 0 atom stereocenters. The third-order valence-corrected chi connectivity index (χ3v) is 6.12. The Labute approximate surface area is 215 Å². The first-order chi connectivity index (χ1) is 18.1. The van der Waals surface area contributed by atoms with Gasteiger partial charge in [-0.1, -0.05) is 19.1 Å². The minimum atomic E-state index is -0.248. The van der Waals surface area contributed by atoms with E-state index in [9.17, 15) is 4.79 Å². The quantitative estimate of drug-likeness (QED) is 0.285. The monoisotopic (exact) mass is 492 g/mol. The number of nitrogens with one attached hydrogen (secondary N) is 2. The van der Waals surface area contributed by atoms with E-state index < -0.39 is 0 Å². The maximum absolute atomic E-state index is 12.6. The van der Waals surface area contributed by atoms with E-state index in [1.165, 1.54) is 5.56 Å². The second-order valence-corrected chi connectivity index (χ2v) is 8.66. The van der Waals surface area contributed by atoms with Gasteiger partial charge in [-0.25, -0.2) is 4.98 Å². The summed E-state index contributed by atoms with van der Waals surface area (Å²) >= 11 is 0. The Kier molecular flexibility index (Phi) is 7.07. The highest BCUT2D eigenvalue weighted by Gasteiger charge is 2.12. The smallest absolute Gasteiger partial charge is 0.270 e. The zero-order chi connectivity index (χ0) is 25.6. The van der Waals surface area contributed by atoms with E-state index in [0.29, 0.717) is 23.7 Å². The fourth-order valence-electron chi connectivity index (χ4n) is 4.00. The first-order valence-corrected chi connectivity index (χ1v) is 12.2. The van der Waals surface area contributed by atoms with E-state index in [0.717, 1.165) is 41.1 Å². The highest BCUT2D eigenvalue weighted by Crippen LogP contribution is 2.28. The number of anilines is 2. The molecule has 37 heavy (non-hydrogen) atoms. The number of aryl methyl sites for hydroxylation is 2. The number of hydrogen-bond acceptors (Lipinski definition) is 6. The van der Waals surface area contributed by atoms with Crippen molar-refractivity contribution in [2.75, 3.05) is 11.9 Å². The van der Waals surface area contributed by atoms with Gasteiger partial charge in [0.15, 0.2) is 0 Å². The van der Waals surface area contributed by atoms with E-state index in [-0.39, 0.29) is 5.91 Å². The molecule has 2 N–H and O–H groups in total. The number of imidazole rings is 1. The van der Waals surface area contributed by atoms with Crippen LogP contribution in [0.4, 0.5) is 11.6 Å². The fourth-order valence-corrected chi connectivity index (χ4v) is 4.00. The van der Waals surface area contributed by atoms with Crippen LogP contribution in [0.25, 0.3) is 11.0 Å². The van der Waals surface area contributed by atoms with Gasteiger partial charge in [0.1, 0.15) is 17.2 Å². The van der Waals surface area contributed by atoms with Crippen molar-refractivity contribution in [1.29, 1.82) is 0 Å². The number of aromatic nitrogens is 4. The van der Waals surface area contributed by atoms with Crippen molar-refractivity contribution in [1.82, 2.24) is 24.8 Å². The molecule has 8 heteroatoms. The SMILES string of the molecule is CCc1ccc(Nc2nc3cc(Oc4ccnc(C(=O)NCCc5ccncc5)c4)ccc3n2C)cc1. The lowest BCUT2D eigenvalue weighted by molar-refractivity contribution is 0.0949. The van der Waals surface area contributed by atoms with Crippen LogP contribution in [0.5, 0.6) is 11.5 Å². The second-order valence-electron chi connectivity index (χ2n) is 8.66. The average Bonchev–Trinajstić information content (AvgIpc) is 3.24. The maximum Gasteiger partial charge on any atom is 0.270 e. The minimum absolute atomic E-state index is 0.248. The summed E-state index contributed by atoms with van der Waals surface area (Å²) in [5, 5.41) is 6.29. The summed E-state index contributed by atoms with van der Waals surface area (Å²) in [6.07, 6.45) is 6.77. The molecule has 5 rings (SSSR count). The normalized spacial score (nSPS) is 10.9. The number of carbonyl (C=O) groups is 1. The largest absolute Gasteiger partial charge is 0.457 e. The second kappa shape index (κ2) is 10.9. The topological polar surface area (TPSA) is 94.0 Å². The molecule has 3 aromatic heterocycles. The summed E-state index contributed by atoms with van der Waals surface area (Å²) in [7, 11) is 1.97. The Morgan fingerprint density at radius 3 is 2.49 bits per heavy atom. The number of ether oxygens (including phenoxy) is 1. The molecule has 0 saturated heterocycles. The fraction of sp³-hybridized carbons (Fsp3) is 0.172. The summed E-state index contributed by atoms with van der Waals surface area (Å²) in [6.45, 7) is 2.64. The number of amides is 1. The predicted molar refractivity (Wildman–Crippen MR) is 144 cm³/mol. The van der Waals surface area contributed by atoms with Gasteiger partial charge < -0.3 is 19.9 Å². The first-order valence-electron chi connectivity index (χ1n) is 12.2. The maximum atomic E-state index is 12.6. The molecule has 0 saturated carbocycles. The van der Waals surface area contributed by atoms with Crippen LogP contribution in [-0.4, -0.2) is 32.0 Å². The van der Waals surface area contributed by atoms with Crippen molar-refractivity contribution in [3.05, 3.63) is 102 Å². The molecule has 0 radical (unpaired) electrons. The molecule has 0 aliphatic rings. The Balaban J connectivity index is 1.25. The van der Waals surface area contributed by atoms with E-state index >= 15 is 0 Å². The van der Waals surface area contributed by atoms with Crippen molar-refractivity contribution in [2.45, 2.75) is 19.8 Å². The number of rotatable bonds is 9. The van der Waals surface area contributed by atoms with Gasteiger partial charge in [-0.05, 0) is 66.4 Å². The molecule has 5 aromatic rings. The van der Waals surface area contributed by atoms with Gasteiger partial charge in [0.25, 0.3) is 5.91 Å². The minimum Gasteiger partial charge on any atom is -0.457 e. The summed E-state index contributed by atoms with van der Waals surface area (Å²) in [5.41, 5.74) is 5.46. The van der Waals surface area contributed by atoms with Gasteiger partial charge in [0.05, 0.1) is 11.0 Å². The molecule has 0 aliphatic carbocycles. The summed E-state index contributed by atoms with van der Waals surface area (Å²) in [5.74, 6) is 1.65. The van der Waals surface area contributed by atoms with Gasteiger partial charge in [0, 0.05) is 50.0 Å². The van der Waals surface area contributed by atoms with Gasteiger partial charge in [-0.2, -0.15) is 0 Å². The molecule has 1 amide bonds. The average molecular weight is 493 g/mol. The lowest BCUT2D eigenvalue weighted by atomic mass is 10.1. The third kappa shape index (κ3) is 5.75. The predicted octanol–water partition coefficient (Wildman–Crippen LogP) is 5.43. The van der Waals surface area contributed by atoms with E-state index in [1.807, 2.05) is 41.9 Å². The Bertz CT molecular complexity index is 1510. The number of hydrogen-bond donors (Lipinski definition) is 2. The van der Waals surface area contributed by atoms with Crippen molar-refractivity contribution in [2.24, 2.45) is 7.05 Å². The number of nitrogens with zero attached hydrogens (tertiary/aromatic N) is 4. The molecule has 0 spiro atoms. The van der Waals surface area contributed by atoms with Crippen LogP contribution in [-0.2, 0) is 19.9 Å². The lowest BCUT2D eigenvalue weighted by Gasteiger charge is -2.08. The van der Waals surface area contributed by atoms with Gasteiger partial charge in [0.2, 0.25) is 5.95 Å². The number of fused-ring (bicyclic) bond motifs is 1. The molecule has 2 aromatic carbocycles. The van der Waals surface area contributed by atoms with Crippen molar-refractivity contribution < 1.29 is 9.53 Å². The molecule has 0 aliphatic heterocycles. The van der Waals surface area contributed by atoms with E-state index in [4.69, 9.17) is 9.72 Å². The van der Waals surface area contributed by atoms with Gasteiger partial charge in [-0.3, -0.25) is 14.8 Å². The van der Waals surface area contributed by atoms with Crippen LogP contribution >= 0.6 is 0 Å². The summed E-state index contributed by atoms with van der Waals surface area (Å²) in [4.78, 5) is 25.5. The zero-order valence-corrected chi connectivity index (χ0v) is 20.8. The molecule has 0 bridgehead atoms. The number of carbonyl (C=O) groups excluding carboxylic acids is 1. The standard InChI is InChI=1S/C29H28N6O2/c1-3-20-4-6-22(7-5-20)33-29-34-25-18-23(8-9-27(25)35(29)2)37-24-13-17-31-26(19-24)28(36)32-16-12-21-10-14-30-15-11-21/h4-11,13-15,17-19H,3,12,16H2,1-2H3,(H,32,36)(H,33,34). The van der Waals surface area contributed by atoms with Crippen LogP contribution in [0.2, 0.25) is 0 Å². The molecular formula is C29H28N6O2. The Morgan fingerprint density at radius 2 is 1.70 bits per heavy atom. The molecule has 186 valence electrons. The Hall–Kier alpha value is -4.72. The van der Waals surface area contributed by atoms with Crippen LogP contribution in [0.15, 0.2) is 85.3 Å². The van der Waals surface area contributed by atoms with Gasteiger partial charge in [-0.15, -0.1) is 0 Å². The third-order valence-electron chi connectivity index (χ3n) is 6.12. The van der Waals surface area contributed by atoms with Gasteiger partial charge >= 0.3 is 0 Å². The lowest BCUT2D eigenvalue weighted by Crippen LogP contribution is -2.26. The summed E-state index contributed by atoms with van der Waals surface area (Å²) < 4.78 is 8.06. The molecule has 8 nitrogen and oxygen atoms in total. The highest BCUT2D eigenvalue weighted by molar-refractivity contribution is 5.92. The van der Waals surface area contributed by atoms with Crippen LogP contribution in [0.3, 0.4) is 0 Å². The first kappa shape index (κ1) is 24.0. The van der Waals surface area contributed by atoms with Crippen LogP contribution in [0, 0.1) is 0 Å². The van der Waals surface area contributed by atoms with Crippen molar-refractivity contribution in [3.8, 4) is 11.5 Å². The highest BCUT2D eigenvalue weighted by atomic mass is 16.5. The van der Waals surface area contributed by atoms with Crippen LogP contribution in [0.1, 0.15) is 28.5 Å². The molecule has 3 heterocycles. The number of pyridine rings is 2. The van der Waals surface area contributed by atoms with Crippen molar-refractivity contribution >= 4 is 28.6 Å². The molecule has 0 unspecified atom stereocenters. The number of benzene rings is 2. The van der Waals surface area contributed by atoms with Crippen LogP contribution < -0.4 is 15.4 Å². The summed E-state index contributed by atoms with van der Waals surface area (Å²) in [6, 6.07) is 21.3. The molecule has 0 fully saturated rings. The van der Waals surface area contributed by atoms with Crippen molar-refractivity contribution in [3.63, 3.8) is 0 Å². The van der Waals surface area contributed by atoms with E-state index in [1.54, 1.807) is 30.7 Å². The molecular weight excluding hydrogens is 464 g/mol.